The van der Waals surface area contributed by atoms with E-state index in [2.05, 4.69) is 9.97 Å². The molecule has 3 aromatic rings. The van der Waals surface area contributed by atoms with Crippen molar-refractivity contribution >= 4 is 33.5 Å². The van der Waals surface area contributed by atoms with E-state index in [1.807, 2.05) is 0 Å². The standard InChI is InChI=1S/C21H14ClF6N3O4S/c1-9-6-7-13(20(23,24)25)10(2)14(9)16-15(21(26,27)28)17(22)30-19(29-16)31-36(34,35)12-5-3-4-11(8-12)18(32)33/h3-8H,1-2H3,(H,32,33)(H,29,30,31). The number of hydrogen-bond acceptors (Lipinski definition) is 5. The number of sulfonamides is 1. The lowest BCUT2D eigenvalue weighted by molar-refractivity contribution is -0.138. The molecule has 0 spiro atoms. The number of aromatic nitrogens is 2. The molecule has 0 saturated carbocycles. The van der Waals surface area contributed by atoms with Crippen molar-refractivity contribution < 1.29 is 44.7 Å². The predicted octanol–water partition coefficient (Wildman–Crippen LogP) is 5.95. The number of nitrogens with one attached hydrogen (secondary N) is 1. The van der Waals surface area contributed by atoms with E-state index >= 15 is 0 Å². The summed E-state index contributed by atoms with van der Waals surface area (Å²) in [5, 5.41) is 7.79. The van der Waals surface area contributed by atoms with Crippen molar-refractivity contribution in [3.8, 4) is 11.3 Å². The lowest BCUT2D eigenvalue weighted by atomic mass is 9.93. The van der Waals surface area contributed by atoms with Crippen LogP contribution >= 0.6 is 11.6 Å². The summed E-state index contributed by atoms with van der Waals surface area (Å²) in [5.74, 6) is -2.42. The number of carboxylic acid groups (broad SMARTS) is 1. The lowest BCUT2D eigenvalue weighted by Gasteiger charge is -2.20. The molecule has 0 unspecified atom stereocenters. The Morgan fingerprint density at radius 2 is 1.64 bits per heavy atom. The first kappa shape index (κ1) is 27.2. The van der Waals surface area contributed by atoms with E-state index in [1.165, 1.54) is 6.92 Å². The van der Waals surface area contributed by atoms with Gasteiger partial charge in [-0.3, -0.25) is 0 Å². The van der Waals surface area contributed by atoms with Crippen LogP contribution in [0.2, 0.25) is 5.15 Å². The lowest BCUT2D eigenvalue weighted by Crippen LogP contribution is -2.19. The van der Waals surface area contributed by atoms with Gasteiger partial charge in [-0.05, 0) is 49.2 Å². The van der Waals surface area contributed by atoms with Gasteiger partial charge in [0.15, 0.2) is 0 Å². The van der Waals surface area contributed by atoms with Crippen molar-refractivity contribution in [1.82, 2.24) is 9.97 Å². The highest BCUT2D eigenvalue weighted by Crippen LogP contribution is 2.44. The van der Waals surface area contributed by atoms with Gasteiger partial charge < -0.3 is 5.11 Å². The van der Waals surface area contributed by atoms with E-state index in [0.29, 0.717) is 6.07 Å². The average molecular weight is 554 g/mol. The molecule has 15 heteroatoms. The zero-order chi connectivity index (χ0) is 27.2. The quantitative estimate of drug-likeness (QED) is 0.298. The van der Waals surface area contributed by atoms with Gasteiger partial charge in [0.2, 0.25) is 5.95 Å². The Kier molecular flexibility index (Phi) is 6.98. The van der Waals surface area contributed by atoms with Crippen molar-refractivity contribution in [3.63, 3.8) is 0 Å². The molecule has 192 valence electrons. The smallest absolute Gasteiger partial charge is 0.421 e. The SMILES string of the molecule is Cc1ccc(C(F)(F)F)c(C)c1-c1nc(NS(=O)(=O)c2cccc(C(=O)O)c2)nc(Cl)c1C(F)(F)F. The number of carbonyl (C=O) groups is 1. The molecular formula is C21H14ClF6N3O4S. The number of rotatable bonds is 5. The molecule has 2 aromatic carbocycles. The fourth-order valence-corrected chi connectivity index (χ4v) is 4.67. The topological polar surface area (TPSA) is 109 Å². The van der Waals surface area contributed by atoms with E-state index in [4.69, 9.17) is 16.7 Å². The molecule has 3 rings (SSSR count). The summed E-state index contributed by atoms with van der Waals surface area (Å²) in [6.07, 6.45) is -10.1. The van der Waals surface area contributed by atoms with Gasteiger partial charge in [0.05, 0.1) is 21.7 Å². The fourth-order valence-electron chi connectivity index (χ4n) is 3.41. The van der Waals surface area contributed by atoms with Crippen molar-refractivity contribution in [2.24, 2.45) is 0 Å². The normalized spacial score (nSPS) is 12.5. The Hall–Kier alpha value is -3.39. The van der Waals surface area contributed by atoms with Crippen molar-refractivity contribution in [2.45, 2.75) is 31.1 Å². The summed E-state index contributed by atoms with van der Waals surface area (Å²) >= 11 is 5.74. The molecule has 0 saturated heterocycles. The first-order valence-corrected chi connectivity index (χ1v) is 11.5. The highest BCUT2D eigenvalue weighted by molar-refractivity contribution is 7.92. The molecule has 1 aromatic heterocycles. The molecule has 0 bridgehead atoms. The van der Waals surface area contributed by atoms with Crippen LogP contribution in [0.4, 0.5) is 32.3 Å². The molecule has 1 heterocycles. The van der Waals surface area contributed by atoms with Crippen LogP contribution in [0, 0.1) is 13.8 Å². The maximum Gasteiger partial charge on any atom is 0.421 e. The summed E-state index contributed by atoms with van der Waals surface area (Å²) in [5.41, 5.74) is -5.53. The molecule has 0 aliphatic heterocycles. The van der Waals surface area contributed by atoms with Crippen LogP contribution in [0.1, 0.15) is 32.6 Å². The monoisotopic (exact) mass is 553 g/mol. The molecule has 0 aliphatic rings. The summed E-state index contributed by atoms with van der Waals surface area (Å²) in [4.78, 5) is 17.5. The third-order valence-corrected chi connectivity index (χ3v) is 6.58. The van der Waals surface area contributed by atoms with Crippen molar-refractivity contribution in [1.29, 1.82) is 0 Å². The predicted molar refractivity (Wildman–Crippen MR) is 116 cm³/mol. The van der Waals surface area contributed by atoms with E-state index in [-0.39, 0.29) is 5.56 Å². The number of benzene rings is 2. The highest BCUT2D eigenvalue weighted by atomic mass is 35.5. The number of hydrogen-bond donors (Lipinski definition) is 2. The van der Waals surface area contributed by atoms with Gasteiger partial charge >= 0.3 is 18.3 Å². The minimum atomic E-state index is -5.22. The second-order valence-corrected chi connectivity index (χ2v) is 9.47. The molecular weight excluding hydrogens is 540 g/mol. The number of halogens is 7. The zero-order valence-corrected chi connectivity index (χ0v) is 19.7. The molecule has 0 radical (unpaired) electrons. The van der Waals surface area contributed by atoms with Gasteiger partial charge in [-0.15, -0.1) is 0 Å². The zero-order valence-electron chi connectivity index (χ0n) is 18.1. The Morgan fingerprint density at radius 1 is 1.00 bits per heavy atom. The molecule has 0 aliphatic carbocycles. The van der Waals surface area contributed by atoms with Crippen LogP contribution in [0.3, 0.4) is 0 Å². The van der Waals surface area contributed by atoms with Crippen LogP contribution in [-0.4, -0.2) is 29.5 Å². The Balaban J connectivity index is 2.26. The maximum atomic E-state index is 13.9. The third-order valence-electron chi connectivity index (χ3n) is 4.98. The van der Waals surface area contributed by atoms with Gasteiger partial charge in [-0.1, -0.05) is 23.7 Å². The minimum absolute atomic E-state index is 0.0243. The second kappa shape index (κ2) is 9.24. The van der Waals surface area contributed by atoms with Gasteiger partial charge in [-0.25, -0.2) is 22.9 Å². The summed E-state index contributed by atoms with van der Waals surface area (Å²) in [7, 11) is -4.64. The van der Waals surface area contributed by atoms with Crippen LogP contribution < -0.4 is 4.72 Å². The number of aromatic carboxylic acids is 1. The number of nitrogens with zero attached hydrogens (tertiary/aromatic N) is 2. The van der Waals surface area contributed by atoms with E-state index in [0.717, 1.165) is 37.3 Å². The Morgan fingerprint density at radius 3 is 2.19 bits per heavy atom. The molecule has 7 nitrogen and oxygen atoms in total. The third kappa shape index (κ3) is 5.38. The molecule has 36 heavy (non-hydrogen) atoms. The number of alkyl halides is 6. The summed E-state index contributed by atoms with van der Waals surface area (Å²) < 4.78 is 109. The van der Waals surface area contributed by atoms with Gasteiger partial charge in [0.25, 0.3) is 10.0 Å². The van der Waals surface area contributed by atoms with Gasteiger partial charge in [0.1, 0.15) is 10.7 Å². The van der Waals surface area contributed by atoms with Gasteiger partial charge in [-0.2, -0.15) is 31.3 Å². The highest BCUT2D eigenvalue weighted by Gasteiger charge is 2.41. The van der Waals surface area contributed by atoms with E-state index in [1.54, 1.807) is 4.72 Å². The second-order valence-electron chi connectivity index (χ2n) is 7.43. The van der Waals surface area contributed by atoms with E-state index in [9.17, 15) is 39.6 Å². The first-order valence-electron chi connectivity index (χ1n) is 9.62. The van der Waals surface area contributed by atoms with Gasteiger partial charge in [0, 0.05) is 5.56 Å². The minimum Gasteiger partial charge on any atom is -0.478 e. The Bertz CT molecular complexity index is 1470. The number of anilines is 1. The van der Waals surface area contributed by atoms with Crippen molar-refractivity contribution in [3.05, 3.63) is 69.4 Å². The average Bonchev–Trinajstić information content (AvgIpc) is 2.71. The first-order chi connectivity index (χ1) is 16.4. The van der Waals surface area contributed by atoms with Crippen LogP contribution in [-0.2, 0) is 22.4 Å². The van der Waals surface area contributed by atoms with Crippen LogP contribution in [0.5, 0.6) is 0 Å². The number of aryl methyl sites for hydroxylation is 1. The Labute approximate surface area is 204 Å². The van der Waals surface area contributed by atoms with Crippen LogP contribution in [0.25, 0.3) is 11.3 Å². The molecule has 2 N–H and O–H groups in total. The van der Waals surface area contributed by atoms with E-state index < -0.39 is 77.9 Å². The number of carboxylic acids is 1. The summed E-state index contributed by atoms with van der Waals surface area (Å²) in [6.45, 7) is 2.20. The molecule has 0 amide bonds. The van der Waals surface area contributed by atoms with Crippen molar-refractivity contribution in [2.75, 3.05) is 4.72 Å². The van der Waals surface area contributed by atoms with Crippen LogP contribution in [0.15, 0.2) is 41.3 Å². The molecule has 0 fully saturated rings. The molecule has 0 atom stereocenters. The summed E-state index contributed by atoms with van der Waals surface area (Å²) in [6, 6.07) is 5.64. The fraction of sp³-hybridized carbons (Fsp3) is 0.190. The maximum absolute atomic E-state index is 13.9. The largest absolute Gasteiger partial charge is 0.478 e.